The highest BCUT2D eigenvalue weighted by Crippen LogP contribution is 1.89. The van der Waals surface area contributed by atoms with Crippen LogP contribution in [-0.2, 0) is 10.8 Å². The van der Waals surface area contributed by atoms with E-state index in [9.17, 15) is 4.21 Å². The fraction of sp³-hybridized carbons (Fsp3) is 1.00. The van der Waals surface area contributed by atoms with E-state index >= 15 is 0 Å². The molecule has 0 amide bonds. The summed E-state index contributed by atoms with van der Waals surface area (Å²) in [5.41, 5.74) is 0. The van der Waals surface area contributed by atoms with E-state index < -0.39 is 10.8 Å². The van der Waals surface area contributed by atoms with Crippen LogP contribution in [0.4, 0.5) is 0 Å². The first kappa shape index (κ1) is 26.4. The van der Waals surface area contributed by atoms with Gasteiger partial charge in [-0.25, -0.2) is 0 Å². The Morgan fingerprint density at radius 2 is 1.05 bits per heavy atom. The normalized spacial score (nSPS) is 10.8. The van der Waals surface area contributed by atoms with Crippen molar-refractivity contribution in [2.45, 2.75) is 65.5 Å². The van der Waals surface area contributed by atoms with Crippen molar-refractivity contribution in [3.05, 3.63) is 0 Å². The Kier molecular flexibility index (Phi) is 24.6. The minimum absolute atomic E-state index is 0. The number of hydrogen-bond acceptors (Lipinski definition) is 1. The van der Waals surface area contributed by atoms with Crippen LogP contribution in [0, 0.1) is 0 Å². The summed E-state index contributed by atoms with van der Waals surface area (Å²) in [4.78, 5) is 0. The van der Waals surface area contributed by atoms with E-state index in [-0.39, 0.29) is 48.0 Å². The SMILES string of the molecule is CCC(CC)[NH2+]CCS(=O)CC[NH2+]C(CC)CC.[I-].[I-]. The Bertz CT molecular complexity index is 193. The second-order valence-electron chi connectivity index (χ2n) is 5.05. The van der Waals surface area contributed by atoms with Crippen LogP contribution in [0.25, 0.3) is 0 Å². The van der Waals surface area contributed by atoms with Crippen LogP contribution in [0.5, 0.6) is 0 Å². The molecule has 126 valence electrons. The third kappa shape index (κ3) is 14.5. The molecule has 0 saturated carbocycles. The molecule has 0 aromatic heterocycles. The molecule has 0 saturated heterocycles. The highest BCUT2D eigenvalue weighted by atomic mass is 127. The molecule has 0 rings (SSSR count). The van der Waals surface area contributed by atoms with Crippen LogP contribution in [-0.4, -0.2) is 40.9 Å². The summed E-state index contributed by atoms with van der Waals surface area (Å²) >= 11 is 0. The Morgan fingerprint density at radius 3 is 1.30 bits per heavy atom. The van der Waals surface area contributed by atoms with E-state index in [0.717, 1.165) is 36.7 Å². The maximum Gasteiger partial charge on any atom is 0.0874 e. The number of quaternary nitrogens is 2. The number of nitrogens with two attached hydrogens (primary N) is 2. The lowest BCUT2D eigenvalue weighted by Gasteiger charge is -2.12. The minimum atomic E-state index is -0.623. The zero-order valence-electron chi connectivity index (χ0n) is 13.5. The molecule has 0 unspecified atom stereocenters. The van der Waals surface area contributed by atoms with Gasteiger partial charge >= 0.3 is 0 Å². The van der Waals surface area contributed by atoms with Crippen molar-refractivity contribution in [3.8, 4) is 0 Å². The fourth-order valence-electron chi connectivity index (χ4n) is 2.22. The van der Waals surface area contributed by atoms with Gasteiger partial charge in [-0.05, 0) is 25.7 Å². The summed E-state index contributed by atoms with van der Waals surface area (Å²) in [6.45, 7) is 10.9. The largest absolute Gasteiger partial charge is 1.00 e. The van der Waals surface area contributed by atoms with Crippen molar-refractivity contribution >= 4 is 10.8 Å². The highest BCUT2D eigenvalue weighted by Gasteiger charge is 2.09. The molecule has 0 aliphatic rings. The van der Waals surface area contributed by atoms with Crippen LogP contribution in [0.3, 0.4) is 0 Å². The molecule has 0 bridgehead atoms. The van der Waals surface area contributed by atoms with Crippen molar-refractivity contribution in [2.24, 2.45) is 0 Å². The van der Waals surface area contributed by atoms with E-state index in [0.29, 0.717) is 0 Å². The predicted octanol–water partition coefficient (Wildman–Crippen LogP) is -5.75. The second-order valence-corrected chi connectivity index (χ2v) is 6.75. The zero-order valence-corrected chi connectivity index (χ0v) is 18.7. The van der Waals surface area contributed by atoms with E-state index in [4.69, 9.17) is 0 Å². The van der Waals surface area contributed by atoms with E-state index in [1.165, 1.54) is 25.7 Å². The Hall–Kier alpha value is 1.53. The van der Waals surface area contributed by atoms with Gasteiger partial charge in [0.15, 0.2) is 0 Å². The molecule has 0 aromatic carbocycles. The number of halogens is 2. The average molecular weight is 532 g/mol. The summed E-state index contributed by atoms with van der Waals surface area (Å²) in [5, 5.41) is 4.73. The van der Waals surface area contributed by atoms with Crippen LogP contribution in [0.2, 0.25) is 0 Å². The lowest BCUT2D eigenvalue weighted by molar-refractivity contribution is -0.686. The molecule has 20 heavy (non-hydrogen) atoms. The molecule has 0 fully saturated rings. The van der Waals surface area contributed by atoms with Crippen LogP contribution in [0.1, 0.15) is 53.4 Å². The highest BCUT2D eigenvalue weighted by molar-refractivity contribution is 7.85. The van der Waals surface area contributed by atoms with Crippen LogP contribution in [0.15, 0.2) is 0 Å². The van der Waals surface area contributed by atoms with Gasteiger partial charge in [0.25, 0.3) is 0 Å². The first-order valence-corrected chi connectivity index (χ1v) is 9.18. The molecule has 0 heterocycles. The van der Waals surface area contributed by atoms with Crippen molar-refractivity contribution in [1.29, 1.82) is 0 Å². The summed E-state index contributed by atoms with van der Waals surface area (Å²) in [6.07, 6.45) is 4.86. The summed E-state index contributed by atoms with van der Waals surface area (Å²) < 4.78 is 11.8. The molecule has 3 nitrogen and oxygen atoms in total. The maximum absolute atomic E-state index is 11.8. The van der Waals surface area contributed by atoms with Crippen molar-refractivity contribution < 1.29 is 62.8 Å². The van der Waals surface area contributed by atoms with Crippen molar-refractivity contribution in [1.82, 2.24) is 0 Å². The molecule has 0 aliphatic carbocycles. The van der Waals surface area contributed by atoms with Gasteiger partial charge in [0.1, 0.15) is 0 Å². The lowest BCUT2D eigenvalue weighted by Crippen LogP contribution is -3.00. The first-order chi connectivity index (χ1) is 8.67. The van der Waals surface area contributed by atoms with E-state index in [1.807, 2.05) is 0 Å². The number of rotatable bonds is 12. The summed E-state index contributed by atoms with van der Waals surface area (Å²) in [5.74, 6) is 1.71. The van der Waals surface area contributed by atoms with Gasteiger partial charge in [0, 0.05) is 10.8 Å². The number of hydrogen-bond donors (Lipinski definition) is 2. The molecule has 4 N–H and O–H groups in total. The standard InChI is InChI=1S/C14H32N2OS.2HI/c1-5-13(6-2)15-9-11-18(17)12-10-16-14(7-3)8-4;;/h13-16H,5-12H2,1-4H3;2*1H. The molecule has 0 radical (unpaired) electrons. The quantitative estimate of drug-likeness (QED) is 0.242. The Balaban J connectivity index is -0.00000144. The fourth-order valence-corrected chi connectivity index (χ4v) is 3.22. The zero-order chi connectivity index (χ0) is 13.8. The lowest BCUT2D eigenvalue weighted by atomic mass is 10.2. The monoisotopic (exact) mass is 532 g/mol. The molecular formula is C14H34I2N2OS. The summed E-state index contributed by atoms with van der Waals surface area (Å²) in [7, 11) is -0.623. The van der Waals surface area contributed by atoms with E-state index in [1.54, 1.807) is 0 Å². The predicted molar refractivity (Wildman–Crippen MR) is 80.2 cm³/mol. The molecular weight excluding hydrogens is 498 g/mol. The van der Waals surface area contributed by atoms with Gasteiger partial charge in [0.2, 0.25) is 0 Å². The molecule has 6 heteroatoms. The van der Waals surface area contributed by atoms with Crippen molar-refractivity contribution in [3.63, 3.8) is 0 Å². The van der Waals surface area contributed by atoms with Crippen molar-refractivity contribution in [2.75, 3.05) is 24.6 Å². The molecule has 0 aliphatic heterocycles. The summed E-state index contributed by atoms with van der Waals surface area (Å²) in [6, 6.07) is 1.44. The Labute approximate surface area is 162 Å². The van der Waals surface area contributed by atoms with Crippen LogP contribution < -0.4 is 58.6 Å². The smallest absolute Gasteiger partial charge is 0.0874 e. The van der Waals surface area contributed by atoms with Gasteiger partial charge in [-0.2, -0.15) is 0 Å². The van der Waals surface area contributed by atoms with Gasteiger partial charge in [0.05, 0.1) is 36.7 Å². The molecule has 0 aromatic rings. The van der Waals surface area contributed by atoms with Crippen LogP contribution >= 0.6 is 0 Å². The topological polar surface area (TPSA) is 50.3 Å². The first-order valence-electron chi connectivity index (χ1n) is 7.69. The molecule has 0 atom stereocenters. The third-order valence-corrected chi connectivity index (χ3v) is 5.17. The Morgan fingerprint density at radius 1 is 0.750 bits per heavy atom. The minimum Gasteiger partial charge on any atom is -1.00 e. The van der Waals surface area contributed by atoms with Gasteiger partial charge in [-0.15, -0.1) is 0 Å². The third-order valence-electron chi connectivity index (χ3n) is 3.79. The van der Waals surface area contributed by atoms with Gasteiger partial charge in [-0.1, -0.05) is 27.7 Å². The molecule has 0 spiro atoms. The maximum atomic E-state index is 11.8. The van der Waals surface area contributed by atoms with E-state index in [2.05, 4.69) is 38.3 Å². The second kappa shape index (κ2) is 18.6. The van der Waals surface area contributed by atoms with Gasteiger partial charge < -0.3 is 58.6 Å². The van der Waals surface area contributed by atoms with Gasteiger partial charge in [-0.3, -0.25) is 4.21 Å². The average Bonchev–Trinajstić information content (AvgIpc) is 2.40.